The number of amides is 1. The lowest BCUT2D eigenvalue weighted by atomic mass is 10.1. The van der Waals surface area contributed by atoms with Gasteiger partial charge in [0.2, 0.25) is 0 Å². The van der Waals surface area contributed by atoms with Crippen LogP contribution in [0.1, 0.15) is 21.5 Å². The number of carbonyl (C=O) groups is 2. The van der Waals surface area contributed by atoms with Crippen LogP contribution in [0.3, 0.4) is 0 Å². The quantitative estimate of drug-likeness (QED) is 0.555. The summed E-state index contributed by atoms with van der Waals surface area (Å²) in [5.74, 6) is -0.588. The number of carbonyl (C=O) groups excluding carboxylic acids is 2. The average Bonchev–Trinajstić information content (AvgIpc) is 3.13. The highest BCUT2D eigenvalue weighted by molar-refractivity contribution is 5.94. The standard InChI is InChI=1S/C19H17N3O3/c1-20-19(24)14-8-5-13(6-9-14)7-10-17(23)25-12-16-4-2-3-15-11-21-22-18(15)16/h2-11H,12H2,1H3,(H,20,24)(H,21,22)/b10-7-. The number of fused-ring (bicyclic) bond motifs is 1. The summed E-state index contributed by atoms with van der Waals surface area (Å²) >= 11 is 0. The van der Waals surface area contributed by atoms with Crippen LogP contribution < -0.4 is 5.32 Å². The first kappa shape index (κ1) is 16.4. The Morgan fingerprint density at radius 2 is 2.00 bits per heavy atom. The highest BCUT2D eigenvalue weighted by Crippen LogP contribution is 2.16. The SMILES string of the molecule is CNC(=O)c1ccc(/C=C\C(=O)OCc2cccc3cn[nH]c23)cc1. The zero-order valence-electron chi connectivity index (χ0n) is 13.7. The van der Waals surface area contributed by atoms with Gasteiger partial charge in [-0.2, -0.15) is 5.10 Å². The lowest BCUT2D eigenvalue weighted by Crippen LogP contribution is -2.17. The average molecular weight is 335 g/mol. The number of esters is 1. The summed E-state index contributed by atoms with van der Waals surface area (Å²) in [5, 5.41) is 10.4. The molecule has 0 bridgehead atoms. The number of aromatic amines is 1. The van der Waals surface area contributed by atoms with Crippen LogP contribution in [0.15, 0.2) is 54.7 Å². The number of ether oxygens (including phenoxy) is 1. The number of benzene rings is 2. The van der Waals surface area contributed by atoms with Gasteiger partial charge in [-0.1, -0.05) is 30.3 Å². The molecule has 0 aliphatic rings. The first-order valence-corrected chi connectivity index (χ1v) is 7.75. The monoisotopic (exact) mass is 335 g/mol. The Morgan fingerprint density at radius 3 is 2.76 bits per heavy atom. The summed E-state index contributed by atoms with van der Waals surface area (Å²) in [6, 6.07) is 12.6. The molecule has 1 heterocycles. The fraction of sp³-hybridized carbons (Fsp3) is 0.105. The van der Waals surface area contributed by atoms with Crippen molar-refractivity contribution in [3.8, 4) is 0 Å². The molecular formula is C19H17N3O3. The van der Waals surface area contributed by atoms with Crippen molar-refractivity contribution in [1.29, 1.82) is 0 Å². The zero-order chi connectivity index (χ0) is 17.6. The number of nitrogens with one attached hydrogen (secondary N) is 2. The second kappa shape index (κ2) is 7.44. The maximum Gasteiger partial charge on any atom is 0.331 e. The van der Waals surface area contributed by atoms with Gasteiger partial charge in [0, 0.05) is 29.6 Å². The summed E-state index contributed by atoms with van der Waals surface area (Å²) in [6.07, 6.45) is 4.73. The molecule has 0 radical (unpaired) electrons. The molecule has 1 aromatic heterocycles. The summed E-state index contributed by atoms with van der Waals surface area (Å²) in [6.45, 7) is 0.165. The van der Waals surface area contributed by atoms with E-state index in [1.165, 1.54) is 6.08 Å². The number of aromatic nitrogens is 2. The Balaban J connectivity index is 1.59. The number of rotatable bonds is 5. The lowest BCUT2D eigenvalue weighted by Gasteiger charge is -2.03. The topological polar surface area (TPSA) is 84.1 Å². The summed E-state index contributed by atoms with van der Waals surface area (Å²) < 4.78 is 5.27. The van der Waals surface area contributed by atoms with Gasteiger partial charge in [-0.05, 0) is 23.8 Å². The third kappa shape index (κ3) is 3.92. The molecule has 0 aliphatic heterocycles. The molecule has 1 amide bonds. The van der Waals surface area contributed by atoms with Gasteiger partial charge < -0.3 is 10.1 Å². The van der Waals surface area contributed by atoms with Crippen LogP contribution in [0, 0.1) is 0 Å². The molecule has 0 saturated heterocycles. The van der Waals surface area contributed by atoms with Gasteiger partial charge in [-0.3, -0.25) is 9.89 Å². The fourth-order valence-corrected chi connectivity index (χ4v) is 2.40. The Labute approximate surface area is 144 Å². The summed E-state index contributed by atoms with van der Waals surface area (Å²) in [7, 11) is 1.58. The zero-order valence-corrected chi connectivity index (χ0v) is 13.7. The summed E-state index contributed by atoms with van der Waals surface area (Å²) in [5.41, 5.74) is 3.10. The minimum atomic E-state index is -0.438. The van der Waals surface area contributed by atoms with E-state index in [2.05, 4.69) is 15.5 Å². The molecule has 2 N–H and O–H groups in total. The molecule has 6 nitrogen and oxygen atoms in total. The van der Waals surface area contributed by atoms with Crippen LogP contribution in [0.4, 0.5) is 0 Å². The van der Waals surface area contributed by atoms with Gasteiger partial charge in [0.25, 0.3) is 5.91 Å². The van der Waals surface area contributed by atoms with Gasteiger partial charge >= 0.3 is 5.97 Å². The lowest BCUT2D eigenvalue weighted by molar-refractivity contribution is -0.138. The normalized spacial score (nSPS) is 10.9. The molecule has 2 aromatic carbocycles. The van der Waals surface area contributed by atoms with Crippen LogP contribution in [0.2, 0.25) is 0 Å². The van der Waals surface area contributed by atoms with Crippen molar-refractivity contribution in [3.05, 3.63) is 71.4 Å². The molecule has 0 aliphatic carbocycles. The van der Waals surface area contributed by atoms with E-state index >= 15 is 0 Å². The Morgan fingerprint density at radius 1 is 1.20 bits per heavy atom. The molecule has 3 rings (SSSR count). The van der Waals surface area contributed by atoms with Gasteiger partial charge in [0.1, 0.15) is 6.61 Å². The molecule has 0 unspecified atom stereocenters. The molecule has 3 aromatic rings. The van der Waals surface area contributed by atoms with E-state index in [1.807, 2.05) is 18.2 Å². The van der Waals surface area contributed by atoms with Crippen molar-refractivity contribution < 1.29 is 14.3 Å². The van der Waals surface area contributed by atoms with Crippen LogP contribution in [0.25, 0.3) is 17.0 Å². The van der Waals surface area contributed by atoms with E-state index in [0.717, 1.165) is 22.0 Å². The molecule has 0 atom stereocenters. The fourth-order valence-electron chi connectivity index (χ4n) is 2.40. The molecule has 25 heavy (non-hydrogen) atoms. The smallest absolute Gasteiger partial charge is 0.331 e. The number of hydrogen-bond donors (Lipinski definition) is 2. The Bertz CT molecular complexity index is 926. The number of hydrogen-bond acceptors (Lipinski definition) is 4. The maximum atomic E-state index is 11.9. The first-order chi connectivity index (χ1) is 12.2. The van der Waals surface area contributed by atoms with Crippen LogP contribution in [0.5, 0.6) is 0 Å². The van der Waals surface area contributed by atoms with Crippen LogP contribution in [-0.2, 0) is 16.1 Å². The van der Waals surface area contributed by atoms with Crippen molar-refractivity contribution in [3.63, 3.8) is 0 Å². The van der Waals surface area contributed by atoms with Crippen molar-refractivity contribution in [2.45, 2.75) is 6.61 Å². The Kier molecular flexibility index (Phi) is 4.89. The van der Waals surface area contributed by atoms with Crippen LogP contribution in [-0.4, -0.2) is 29.1 Å². The van der Waals surface area contributed by atoms with E-state index in [0.29, 0.717) is 5.56 Å². The molecule has 126 valence electrons. The number of para-hydroxylation sites is 1. The van der Waals surface area contributed by atoms with Crippen molar-refractivity contribution in [2.75, 3.05) is 7.05 Å². The van der Waals surface area contributed by atoms with E-state index < -0.39 is 5.97 Å². The van der Waals surface area contributed by atoms with E-state index in [4.69, 9.17) is 4.74 Å². The van der Waals surface area contributed by atoms with Crippen molar-refractivity contribution >= 4 is 28.9 Å². The minimum Gasteiger partial charge on any atom is -0.458 e. The van der Waals surface area contributed by atoms with E-state index in [9.17, 15) is 9.59 Å². The summed E-state index contributed by atoms with van der Waals surface area (Å²) in [4.78, 5) is 23.4. The Hall–Kier alpha value is -3.41. The second-order valence-electron chi connectivity index (χ2n) is 5.39. The predicted octanol–water partition coefficient (Wildman–Crippen LogP) is 2.68. The second-order valence-corrected chi connectivity index (χ2v) is 5.39. The third-order valence-corrected chi connectivity index (χ3v) is 3.74. The van der Waals surface area contributed by atoms with Crippen LogP contribution >= 0.6 is 0 Å². The predicted molar refractivity (Wildman–Crippen MR) is 94.8 cm³/mol. The highest BCUT2D eigenvalue weighted by Gasteiger charge is 2.05. The van der Waals surface area contributed by atoms with Gasteiger partial charge in [-0.15, -0.1) is 0 Å². The third-order valence-electron chi connectivity index (χ3n) is 3.74. The largest absolute Gasteiger partial charge is 0.458 e. The first-order valence-electron chi connectivity index (χ1n) is 7.75. The van der Waals surface area contributed by atoms with Gasteiger partial charge in [0.15, 0.2) is 0 Å². The maximum absolute atomic E-state index is 11.9. The number of nitrogens with zero attached hydrogens (tertiary/aromatic N) is 1. The van der Waals surface area contributed by atoms with E-state index in [-0.39, 0.29) is 12.5 Å². The molecule has 0 saturated carbocycles. The molecule has 0 fully saturated rings. The van der Waals surface area contributed by atoms with Gasteiger partial charge in [-0.25, -0.2) is 4.79 Å². The van der Waals surface area contributed by atoms with Crippen molar-refractivity contribution in [2.24, 2.45) is 0 Å². The molecule has 6 heteroatoms. The highest BCUT2D eigenvalue weighted by atomic mass is 16.5. The molecular weight excluding hydrogens is 318 g/mol. The number of H-pyrrole nitrogens is 1. The van der Waals surface area contributed by atoms with E-state index in [1.54, 1.807) is 43.6 Å². The van der Waals surface area contributed by atoms with Gasteiger partial charge in [0.05, 0.1) is 11.7 Å². The van der Waals surface area contributed by atoms with Crippen molar-refractivity contribution in [1.82, 2.24) is 15.5 Å². The molecule has 0 spiro atoms. The minimum absolute atomic E-state index is 0.150.